The van der Waals surface area contributed by atoms with Crippen LogP contribution in [0.5, 0.6) is 0 Å². The van der Waals surface area contributed by atoms with Crippen LogP contribution in [0.2, 0.25) is 0 Å². The molecule has 2 nitrogen and oxygen atoms in total. The first-order valence-electron chi connectivity index (χ1n) is 7.94. The molecule has 1 atom stereocenters. The van der Waals surface area contributed by atoms with Crippen LogP contribution in [0, 0.1) is 0 Å². The zero-order valence-corrected chi connectivity index (χ0v) is 14.5. The van der Waals surface area contributed by atoms with E-state index in [2.05, 4.69) is 37.3 Å². The lowest BCUT2D eigenvalue weighted by atomic mass is 10.0. The van der Waals surface area contributed by atoms with Crippen molar-refractivity contribution in [2.75, 3.05) is 14.2 Å². The molecule has 1 aromatic carbocycles. The largest absolute Gasteiger partial charge is 0.400 e. The van der Waals surface area contributed by atoms with Gasteiger partial charge in [0.05, 0.1) is 0 Å². The quantitative estimate of drug-likeness (QED) is 0.439. The Morgan fingerprint density at radius 2 is 1.50 bits per heavy atom. The maximum absolute atomic E-state index is 5.63. The van der Waals surface area contributed by atoms with E-state index in [1.54, 1.807) is 14.2 Å². The van der Waals surface area contributed by atoms with E-state index >= 15 is 0 Å². The van der Waals surface area contributed by atoms with Gasteiger partial charge in [0.2, 0.25) is 0 Å². The van der Waals surface area contributed by atoms with Gasteiger partial charge in [-0.15, -0.1) is 0 Å². The smallest absolute Gasteiger partial charge is 0.328 e. The topological polar surface area (TPSA) is 18.5 Å². The first-order valence-corrected chi connectivity index (χ1v) is 9.55. The second-order valence-corrected chi connectivity index (χ2v) is 7.90. The maximum Gasteiger partial charge on any atom is 0.328 e. The van der Waals surface area contributed by atoms with Crippen LogP contribution in [0.1, 0.15) is 63.0 Å². The Morgan fingerprint density at radius 3 is 2.10 bits per heavy atom. The van der Waals surface area contributed by atoms with Crippen molar-refractivity contribution in [3.63, 3.8) is 0 Å². The summed E-state index contributed by atoms with van der Waals surface area (Å²) >= 11 is 0. The van der Waals surface area contributed by atoms with Crippen LogP contribution in [-0.4, -0.2) is 23.5 Å². The van der Waals surface area contributed by atoms with E-state index in [0.29, 0.717) is 5.54 Å². The third-order valence-corrected chi connectivity index (χ3v) is 6.19. The molecule has 1 rings (SSSR count). The van der Waals surface area contributed by atoms with Gasteiger partial charge in [0.25, 0.3) is 0 Å². The Kier molecular flexibility index (Phi) is 9.63. The van der Waals surface area contributed by atoms with Crippen molar-refractivity contribution in [2.45, 2.75) is 57.4 Å². The van der Waals surface area contributed by atoms with Crippen molar-refractivity contribution in [3.05, 3.63) is 35.9 Å². The molecular formula is C17H30O2Si. The first kappa shape index (κ1) is 17.4. The highest BCUT2D eigenvalue weighted by Gasteiger charge is 2.25. The summed E-state index contributed by atoms with van der Waals surface area (Å²) in [6.45, 7) is 2.26. The predicted octanol–water partition coefficient (Wildman–Crippen LogP) is 4.57. The van der Waals surface area contributed by atoms with E-state index in [0.717, 1.165) is 0 Å². The van der Waals surface area contributed by atoms with Gasteiger partial charge in [-0.05, 0) is 12.0 Å². The van der Waals surface area contributed by atoms with Gasteiger partial charge in [0.1, 0.15) is 0 Å². The van der Waals surface area contributed by atoms with Crippen molar-refractivity contribution in [1.82, 2.24) is 0 Å². The minimum atomic E-state index is -1.60. The molecule has 0 saturated heterocycles. The number of hydrogen-bond acceptors (Lipinski definition) is 2. The molecule has 0 fully saturated rings. The molecule has 0 aliphatic rings. The van der Waals surface area contributed by atoms with Crippen LogP contribution in [0.25, 0.3) is 0 Å². The van der Waals surface area contributed by atoms with Gasteiger partial charge >= 0.3 is 9.28 Å². The lowest BCUT2D eigenvalue weighted by Gasteiger charge is -2.23. The Labute approximate surface area is 126 Å². The lowest BCUT2D eigenvalue weighted by Crippen LogP contribution is -2.29. The maximum atomic E-state index is 5.63. The van der Waals surface area contributed by atoms with Crippen molar-refractivity contribution in [1.29, 1.82) is 0 Å². The average Bonchev–Trinajstić information content (AvgIpc) is 2.50. The first-order chi connectivity index (χ1) is 9.83. The van der Waals surface area contributed by atoms with Gasteiger partial charge in [0, 0.05) is 19.8 Å². The van der Waals surface area contributed by atoms with Gasteiger partial charge in [-0.2, -0.15) is 0 Å². The van der Waals surface area contributed by atoms with E-state index in [1.807, 2.05) is 0 Å². The Hall–Kier alpha value is -0.643. The molecule has 0 aliphatic carbocycles. The summed E-state index contributed by atoms with van der Waals surface area (Å²) in [6.07, 6.45) is 9.22. The molecule has 3 heteroatoms. The van der Waals surface area contributed by atoms with Crippen molar-refractivity contribution < 1.29 is 8.85 Å². The van der Waals surface area contributed by atoms with Gasteiger partial charge in [0.15, 0.2) is 0 Å². The highest BCUT2D eigenvalue weighted by molar-refractivity contribution is 6.46. The molecule has 1 aromatic rings. The molecule has 114 valence electrons. The van der Waals surface area contributed by atoms with Gasteiger partial charge in [-0.3, -0.25) is 0 Å². The molecule has 0 amide bonds. The SMILES string of the molecule is CCCCCCCCC(c1ccccc1)[SiH](OC)OC. The minimum absolute atomic E-state index is 0.470. The third kappa shape index (κ3) is 6.20. The summed E-state index contributed by atoms with van der Waals surface area (Å²) in [6, 6.07) is 10.7. The fourth-order valence-corrected chi connectivity index (χ4v) is 4.62. The molecule has 0 aliphatic heterocycles. The Morgan fingerprint density at radius 1 is 0.900 bits per heavy atom. The molecular weight excluding hydrogens is 264 g/mol. The minimum Gasteiger partial charge on any atom is -0.400 e. The summed E-state index contributed by atoms with van der Waals surface area (Å²) in [5.41, 5.74) is 1.85. The second kappa shape index (κ2) is 11.1. The number of unbranched alkanes of at least 4 members (excludes halogenated alkanes) is 5. The van der Waals surface area contributed by atoms with Gasteiger partial charge in [-0.25, -0.2) is 0 Å². The van der Waals surface area contributed by atoms with Gasteiger partial charge < -0.3 is 8.85 Å². The summed E-state index contributed by atoms with van der Waals surface area (Å²) in [5.74, 6) is 0. The molecule has 0 heterocycles. The molecule has 0 N–H and O–H groups in total. The van der Waals surface area contributed by atoms with E-state index in [4.69, 9.17) is 8.85 Å². The van der Waals surface area contributed by atoms with Gasteiger partial charge in [-0.1, -0.05) is 75.8 Å². The fraction of sp³-hybridized carbons (Fsp3) is 0.647. The average molecular weight is 295 g/mol. The summed E-state index contributed by atoms with van der Waals surface area (Å²) in [7, 11) is 1.98. The molecule has 20 heavy (non-hydrogen) atoms. The van der Waals surface area contributed by atoms with Crippen molar-refractivity contribution in [2.24, 2.45) is 0 Å². The summed E-state index contributed by atoms with van der Waals surface area (Å²) in [4.78, 5) is 0. The number of rotatable bonds is 11. The van der Waals surface area contributed by atoms with Crippen LogP contribution >= 0.6 is 0 Å². The molecule has 1 unspecified atom stereocenters. The highest BCUT2D eigenvalue weighted by Crippen LogP contribution is 2.26. The van der Waals surface area contributed by atoms with E-state index in [1.165, 1.54) is 50.5 Å². The normalized spacial score (nSPS) is 12.8. The molecule has 0 spiro atoms. The van der Waals surface area contributed by atoms with Crippen LogP contribution in [0.15, 0.2) is 30.3 Å². The second-order valence-electron chi connectivity index (χ2n) is 5.41. The van der Waals surface area contributed by atoms with E-state index in [9.17, 15) is 0 Å². The fourth-order valence-electron chi connectivity index (χ4n) is 2.73. The molecule has 0 aromatic heterocycles. The predicted molar refractivity (Wildman–Crippen MR) is 88.3 cm³/mol. The summed E-state index contributed by atoms with van der Waals surface area (Å²) < 4.78 is 11.3. The van der Waals surface area contributed by atoms with Crippen molar-refractivity contribution in [3.8, 4) is 0 Å². The van der Waals surface area contributed by atoms with Crippen LogP contribution < -0.4 is 0 Å². The van der Waals surface area contributed by atoms with Crippen molar-refractivity contribution >= 4 is 9.28 Å². The summed E-state index contributed by atoms with van der Waals surface area (Å²) in [5, 5.41) is 0. The zero-order valence-electron chi connectivity index (χ0n) is 13.3. The Bertz CT molecular complexity index is 325. The number of benzene rings is 1. The monoisotopic (exact) mass is 294 g/mol. The lowest BCUT2D eigenvalue weighted by molar-refractivity contribution is 0.263. The molecule has 0 saturated carbocycles. The standard InChI is InChI=1S/C17H30O2Si/c1-4-5-6-7-8-12-15-17(20(18-2)19-3)16-13-10-9-11-14-16/h9-11,13-14,17,20H,4-8,12,15H2,1-3H3. The van der Waals surface area contributed by atoms with Crippen LogP contribution in [0.4, 0.5) is 0 Å². The van der Waals surface area contributed by atoms with Crippen LogP contribution in [-0.2, 0) is 8.85 Å². The zero-order chi connectivity index (χ0) is 14.6. The third-order valence-electron chi connectivity index (χ3n) is 3.89. The van der Waals surface area contributed by atoms with E-state index < -0.39 is 9.28 Å². The highest BCUT2D eigenvalue weighted by atomic mass is 28.3. The van der Waals surface area contributed by atoms with Crippen LogP contribution in [0.3, 0.4) is 0 Å². The number of hydrogen-bond donors (Lipinski definition) is 0. The molecule has 0 radical (unpaired) electrons. The Balaban J connectivity index is 2.47. The molecule has 0 bridgehead atoms. The van der Waals surface area contributed by atoms with E-state index in [-0.39, 0.29) is 0 Å².